The van der Waals surface area contributed by atoms with Gasteiger partial charge < -0.3 is 15.0 Å². The molecule has 0 aliphatic carbocycles. The maximum atomic E-state index is 5.66. The summed E-state index contributed by atoms with van der Waals surface area (Å²) in [5.74, 6) is 1.61. The van der Waals surface area contributed by atoms with Crippen LogP contribution in [0.3, 0.4) is 0 Å². The Labute approximate surface area is 93.9 Å². The van der Waals surface area contributed by atoms with Crippen LogP contribution in [0.1, 0.15) is 11.4 Å². The molecule has 5 heteroatoms. The van der Waals surface area contributed by atoms with E-state index < -0.39 is 0 Å². The van der Waals surface area contributed by atoms with Gasteiger partial charge in [-0.05, 0) is 30.7 Å². The molecule has 1 heterocycles. The predicted octanol–water partition coefficient (Wildman–Crippen LogP) is 1.28. The molecule has 0 bridgehead atoms. The van der Waals surface area contributed by atoms with Crippen LogP contribution in [0.4, 0.5) is 5.69 Å². The fourth-order valence-electron chi connectivity index (χ4n) is 1.41. The second-order valence-corrected chi connectivity index (χ2v) is 3.67. The van der Waals surface area contributed by atoms with Gasteiger partial charge in [0.15, 0.2) is 5.82 Å². The molecule has 0 atom stereocenters. The standard InChI is InChI=1S/C11H14N4O/c1-8-5-9(12)3-4-10(8)16-6-11-14-13-7-15(11)2/h3-5,7H,6,12H2,1-2H3. The largest absolute Gasteiger partial charge is 0.485 e. The molecule has 1 aromatic carbocycles. The zero-order chi connectivity index (χ0) is 11.5. The highest BCUT2D eigenvalue weighted by molar-refractivity contribution is 5.47. The number of nitrogens with two attached hydrogens (primary N) is 1. The van der Waals surface area contributed by atoms with Crippen LogP contribution in [-0.2, 0) is 13.7 Å². The Hall–Kier alpha value is -2.04. The van der Waals surface area contributed by atoms with E-state index in [0.717, 1.165) is 22.8 Å². The fraction of sp³-hybridized carbons (Fsp3) is 0.273. The number of benzene rings is 1. The fourth-order valence-corrected chi connectivity index (χ4v) is 1.41. The molecule has 0 radical (unpaired) electrons. The number of ether oxygens (including phenoxy) is 1. The Morgan fingerprint density at radius 3 is 2.88 bits per heavy atom. The van der Waals surface area contributed by atoms with Crippen LogP contribution in [0.2, 0.25) is 0 Å². The topological polar surface area (TPSA) is 66.0 Å². The molecule has 1 aromatic heterocycles. The highest BCUT2D eigenvalue weighted by Gasteiger charge is 2.04. The van der Waals surface area contributed by atoms with Crippen molar-refractivity contribution >= 4 is 5.69 Å². The number of anilines is 1. The second kappa shape index (κ2) is 4.22. The predicted molar refractivity (Wildman–Crippen MR) is 60.9 cm³/mol. The summed E-state index contributed by atoms with van der Waals surface area (Å²) in [7, 11) is 1.88. The Balaban J connectivity index is 2.08. The Bertz CT molecular complexity index is 492. The van der Waals surface area contributed by atoms with E-state index in [1.165, 1.54) is 0 Å². The van der Waals surface area contributed by atoms with Crippen molar-refractivity contribution in [2.24, 2.45) is 7.05 Å². The summed E-state index contributed by atoms with van der Waals surface area (Å²) in [6, 6.07) is 5.56. The van der Waals surface area contributed by atoms with Crippen molar-refractivity contribution in [3.8, 4) is 5.75 Å². The van der Waals surface area contributed by atoms with E-state index in [0.29, 0.717) is 6.61 Å². The van der Waals surface area contributed by atoms with Crippen molar-refractivity contribution in [2.45, 2.75) is 13.5 Å². The molecule has 84 valence electrons. The smallest absolute Gasteiger partial charge is 0.170 e. The number of aromatic nitrogens is 3. The number of nitrogens with zero attached hydrogens (tertiary/aromatic N) is 3. The van der Waals surface area contributed by atoms with Crippen LogP contribution in [0, 0.1) is 6.92 Å². The quantitative estimate of drug-likeness (QED) is 0.788. The number of hydrogen-bond donors (Lipinski definition) is 1. The van der Waals surface area contributed by atoms with E-state index in [1.807, 2.05) is 36.7 Å². The average Bonchev–Trinajstić information content (AvgIpc) is 2.63. The summed E-state index contributed by atoms with van der Waals surface area (Å²) in [5, 5.41) is 7.72. The first kappa shape index (κ1) is 10.5. The molecular formula is C11H14N4O. The number of hydrogen-bond acceptors (Lipinski definition) is 4. The summed E-state index contributed by atoms with van der Waals surface area (Å²) in [4.78, 5) is 0. The normalized spacial score (nSPS) is 10.4. The Morgan fingerprint density at radius 1 is 1.44 bits per heavy atom. The molecule has 0 saturated carbocycles. The van der Waals surface area contributed by atoms with E-state index >= 15 is 0 Å². The highest BCUT2D eigenvalue weighted by Crippen LogP contribution is 2.20. The van der Waals surface area contributed by atoms with Crippen molar-refractivity contribution in [1.82, 2.24) is 14.8 Å². The van der Waals surface area contributed by atoms with Gasteiger partial charge in [-0.25, -0.2) is 0 Å². The minimum absolute atomic E-state index is 0.404. The number of rotatable bonds is 3. The number of aryl methyl sites for hydroxylation is 2. The molecule has 16 heavy (non-hydrogen) atoms. The van der Waals surface area contributed by atoms with Gasteiger partial charge in [0.25, 0.3) is 0 Å². The minimum atomic E-state index is 0.404. The third kappa shape index (κ3) is 2.13. The maximum absolute atomic E-state index is 5.66. The molecule has 0 aliphatic rings. The summed E-state index contributed by atoms with van der Waals surface area (Å²) in [5.41, 5.74) is 7.42. The lowest BCUT2D eigenvalue weighted by Crippen LogP contribution is -2.04. The van der Waals surface area contributed by atoms with Gasteiger partial charge in [0.1, 0.15) is 18.7 Å². The zero-order valence-corrected chi connectivity index (χ0v) is 9.34. The molecule has 5 nitrogen and oxygen atoms in total. The minimum Gasteiger partial charge on any atom is -0.485 e. The number of nitrogen functional groups attached to an aromatic ring is 1. The summed E-state index contributed by atoms with van der Waals surface area (Å²) in [6.07, 6.45) is 1.65. The van der Waals surface area contributed by atoms with E-state index in [2.05, 4.69) is 10.2 Å². The summed E-state index contributed by atoms with van der Waals surface area (Å²) >= 11 is 0. The zero-order valence-electron chi connectivity index (χ0n) is 9.34. The molecule has 0 spiro atoms. The molecule has 0 unspecified atom stereocenters. The third-order valence-electron chi connectivity index (χ3n) is 2.36. The van der Waals surface area contributed by atoms with Crippen molar-refractivity contribution < 1.29 is 4.74 Å². The lowest BCUT2D eigenvalue weighted by atomic mass is 10.2. The van der Waals surface area contributed by atoms with Gasteiger partial charge in [0.2, 0.25) is 0 Å². The van der Waals surface area contributed by atoms with Crippen molar-refractivity contribution in [3.05, 3.63) is 35.9 Å². The molecule has 0 amide bonds. The SMILES string of the molecule is Cc1cc(N)ccc1OCc1nncn1C. The molecule has 0 saturated heterocycles. The van der Waals surface area contributed by atoms with Gasteiger partial charge >= 0.3 is 0 Å². The molecule has 0 fully saturated rings. The third-order valence-corrected chi connectivity index (χ3v) is 2.36. The highest BCUT2D eigenvalue weighted by atomic mass is 16.5. The average molecular weight is 218 g/mol. The van der Waals surface area contributed by atoms with Crippen LogP contribution < -0.4 is 10.5 Å². The van der Waals surface area contributed by atoms with Crippen LogP contribution in [0.15, 0.2) is 24.5 Å². The first-order chi connectivity index (χ1) is 7.66. The molecule has 2 aromatic rings. The lowest BCUT2D eigenvalue weighted by Gasteiger charge is -2.08. The Kier molecular flexibility index (Phi) is 2.76. The first-order valence-electron chi connectivity index (χ1n) is 4.98. The molecular weight excluding hydrogens is 204 g/mol. The van der Waals surface area contributed by atoms with Gasteiger partial charge in [0, 0.05) is 12.7 Å². The lowest BCUT2D eigenvalue weighted by molar-refractivity contribution is 0.289. The Morgan fingerprint density at radius 2 is 2.25 bits per heavy atom. The van der Waals surface area contributed by atoms with E-state index in [-0.39, 0.29) is 0 Å². The van der Waals surface area contributed by atoms with Crippen LogP contribution >= 0.6 is 0 Å². The van der Waals surface area contributed by atoms with Crippen molar-refractivity contribution in [1.29, 1.82) is 0 Å². The monoisotopic (exact) mass is 218 g/mol. The van der Waals surface area contributed by atoms with Crippen molar-refractivity contribution in [2.75, 3.05) is 5.73 Å². The first-order valence-corrected chi connectivity index (χ1v) is 4.98. The molecule has 2 rings (SSSR count). The van der Waals surface area contributed by atoms with E-state index in [1.54, 1.807) is 6.33 Å². The van der Waals surface area contributed by atoms with Gasteiger partial charge in [-0.2, -0.15) is 0 Å². The van der Waals surface area contributed by atoms with Gasteiger partial charge in [-0.1, -0.05) is 0 Å². The van der Waals surface area contributed by atoms with Crippen LogP contribution in [0.5, 0.6) is 5.75 Å². The summed E-state index contributed by atoms with van der Waals surface area (Å²) in [6.45, 7) is 2.36. The van der Waals surface area contributed by atoms with E-state index in [4.69, 9.17) is 10.5 Å². The molecule has 0 aliphatic heterocycles. The summed E-state index contributed by atoms with van der Waals surface area (Å²) < 4.78 is 7.46. The van der Waals surface area contributed by atoms with Gasteiger partial charge in [0.05, 0.1) is 0 Å². The van der Waals surface area contributed by atoms with Crippen LogP contribution in [0.25, 0.3) is 0 Å². The van der Waals surface area contributed by atoms with Crippen molar-refractivity contribution in [3.63, 3.8) is 0 Å². The molecule has 2 N–H and O–H groups in total. The van der Waals surface area contributed by atoms with Crippen LogP contribution in [-0.4, -0.2) is 14.8 Å². The van der Waals surface area contributed by atoms with E-state index in [9.17, 15) is 0 Å². The van der Waals surface area contributed by atoms with Gasteiger partial charge in [-0.3, -0.25) is 0 Å². The van der Waals surface area contributed by atoms with Gasteiger partial charge in [-0.15, -0.1) is 10.2 Å². The second-order valence-electron chi connectivity index (χ2n) is 3.67. The maximum Gasteiger partial charge on any atom is 0.170 e.